The average Bonchev–Trinajstić information content (AvgIpc) is 3.09. The Morgan fingerprint density at radius 1 is 1.09 bits per heavy atom. The molecule has 3 aromatic rings. The summed E-state index contributed by atoms with van der Waals surface area (Å²) in [5.74, 6) is -0.454. The van der Waals surface area contributed by atoms with Crippen LogP contribution in [0.15, 0.2) is 81.7 Å². The van der Waals surface area contributed by atoms with Crippen molar-refractivity contribution in [1.82, 2.24) is 4.57 Å². The summed E-state index contributed by atoms with van der Waals surface area (Å²) in [7, 11) is 0. The van der Waals surface area contributed by atoms with Gasteiger partial charge in [-0.15, -0.1) is 0 Å². The molecule has 0 aliphatic carbocycles. The number of hydrogen-bond acceptors (Lipinski definition) is 5. The van der Waals surface area contributed by atoms with Crippen LogP contribution in [0.3, 0.4) is 0 Å². The van der Waals surface area contributed by atoms with Crippen LogP contribution in [-0.2, 0) is 9.53 Å². The topological polar surface area (TPSA) is 60.7 Å². The largest absolute Gasteiger partial charge is 0.463 e. The monoisotopic (exact) mass is 444 g/mol. The van der Waals surface area contributed by atoms with E-state index in [1.54, 1.807) is 18.4 Å². The van der Waals surface area contributed by atoms with E-state index in [0.717, 1.165) is 16.7 Å². The van der Waals surface area contributed by atoms with Crippen LogP contribution in [0, 0.1) is 6.92 Å². The van der Waals surface area contributed by atoms with E-state index in [0.29, 0.717) is 20.6 Å². The SMILES string of the molecule is CCOC(=O)C1=C(C)N=c2s/c(=C\c3ccc(C)cc3)c(=O)n2[C@@H]1/C=C/c1ccccc1. The predicted molar refractivity (Wildman–Crippen MR) is 128 cm³/mol. The summed E-state index contributed by atoms with van der Waals surface area (Å²) in [6.45, 7) is 5.82. The van der Waals surface area contributed by atoms with Gasteiger partial charge in [0, 0.05) is 0 Å². The number of carbonyl (C=O) groups excluding carboxylic acids is 1. The summed E-state index contributed by atoms with van der Waals surface area (Å²) >= 11 is 1.33. The summed E-state index contributed by atoms with van der Waals surface area (Å²) in [6, 6.07) is 17.2. The first-order valence-electron chi connectivity index (χ1n) is 10.5. The fraction of sp³-hybridized carbons (Fsp3) is 0.192. The third-order valence-electron chi connectivity index (χ3n) is 5.20. The standard InChI is InChI=1S/C26H24N2O3S/c1-4-31-25(30)23-18(3)27-26-28(21(23)15-14-19-8-6-5-7-9-19)24(29)22(32-26)16-20-12-10-17(2)11-13-20/h5-16,21H,4H2,1-3H3/b15-14+,22-16-/t21-/m1/s1. The minimum atomic E-state index is -0.592. The number of nitrogens with zero attached hydrogens (tertiary/aromatic N) is 2. The number of esters is 1. The quantitative estimate of drug-likeness (QED) is 0.563. The van der Waals surface area contributed by atoms with E-state index in [2.05, 4.69) is 4.99 Å². The van der Waals surface area contributed by atoms with Gasteiger partial charge in [-0.05, 0) is 38.0 Å². The number of ether oxygens (including phenoxy) is 1. The van der Waals surface area contributed by atoms with Gasteiger partial charge in [-0.1, -0.05) is 83.6 Å². The molecule has 0 saturated carbocycles. The van der Waals surface area contributed by atoms with Crippen LogP contribution in [-0.4, -0.2) is 17.1 Å². The van der Waals surface area contributed by atoms with Crippen LogP contribution < -0.4 is 14.9 Å². The Kier molecular flexibility index (Phi) is 6.32. The van der Waals surface area contributed by atoms with E-state index < -0.39 is 12.0 Å². The van der Waals surface area contributed by atoms with Crippen molar-refractivity contribution >= 4 is 29.5 Å². The van der Waals surface area contributed by atoms with E-state index >= 15 is 0 Å². The van der Waals surface area contributed by atoms with Crippen LogP contribution in [0.25, 0.3) is 12.2 Å². The maximum atomic E-state index is 13.4. The third kappa shape index (κ3) is 4.41. The molecule has 32 heavy (non-hydrogen) atoms. The fourth-order valence-corrected chi connectivity index (χ4v) is 4.65. The first-order valence-corrected chi connectivity index (χ1v) is 11.3. The Balaban J connectivity index is 1.87. The van der Waals surface area contributed by atoms with Gasteiger partial charge in [-0.25, -0.2) is 9.79 Å². The van der Waals surface area contributed by atoms with Gasteiger partial charge in [-0.3, -0.25) is 9.36 Å². The highest BCUT2D eigenvalue weighted by molar-refractivity contribution is 7.07. The maximum Gasteiger partial charge on any atom is 0.338 e. The average molecular weight is 445 g/mol. The number of rotatable bonds is 5. The number of fused-ring (bicyclic) bond motifs is 1. The Hall–Kier alpha value is -3.51. The van der Waals surface area contributed by atoms with Gasteiger partial charge in [0.2, 0.25) is 0 Å². The lowest BCUT2D eigenvalue weighted by atomic mass is 10.0. The van der Waals surface area contributed by atoms with Crippen molar-refractivity contribution in [2.45, 2.75) is 26.8 Å². The number of hydrogen-bond donors (Lipinski definition) is 0. The number of aromatic nitrogens is 1. The van der Waals surface area contributed by atoms with Crippen molar-refractivity contribution in [3.63, 3.8) is 0 Å². The molecule has 4 rings (SSSR count). The van der Waals surface area contributed by atoms with E-state index in [1.807, 2.05) is 79.7 Å². The lowest BCUT2D eigenvalue weighted by Gasteiger charge is -2.21. The molecule has 0 fully saturated rings. The Morgan fingerprint density at radius 3 is 2.50 bits per heavy atom. The number of allylic oxidation sites excluding steroid dienone is 2. The van der Waals surface area contributed by atoms with Gasteiger partial charge in [0.05, 0.1) is 28.5 Å². The van der Waals surface area contributed by atoms with E-state index in [4.69, 9.17) is 4.74 Å². The summed E-state index contributed by atoms with van der Waals surface area (Å²) in [5, 5.41) is 0. The van der Waals surface area contributed by atoms with Crippen LogP contribution in [0.2, 0.25) is 0 Å². The molecule has 0 bridgehead atoms. The zero-order chi connectivity index (χ0) is 22.7. The maximum absolute atomic E-state index is 13.4. The predicted octanol–water partition coefficient (Wildman–Crippen LogP) is 3.77. The van der Waals surface area contributed by atoms with E-state index in [1.165, 1.54) is 11.3 Å². The molecule has 6 heteroatoms. The fourth-order valence-electron chi connectivity index (χ4n) is 3.60. The second-order valence-corrected chi connectivity index (χ2v) is 8.53. The molecule has 1 aliphatic heterocycles. The summed E-state index contributed by atoms with van der Waals surface area (Å²) in [4.78, 5) is 31.4. The molecule has 1 atom stereocenters. The molecule has 2 heterocycles. The lowest BCUT2D eigenvalue weighted by Crippen LogP contribution is -2.38. The molecule has 0 spiro atoms. The molecular weight excluding hydrogens is 420 g/mol. The van der Waals surface area contributed by atoms with Gasteiger partial charge in [0.25, 0.3) is 5.56 Å². The minimum absolute atomic E-state index is 0.175. The van der Waals surface area contributed by atoms with Crippen molar-refractivity contribution in [3.8, 4) is 0 Å². The van der Waals surface area contributed by atoms with E-state index in [-0.39, 0.29) is 12.2 Å². The number of carbonyl (C=O) groups is 1. The van der Waals surface area contributed by atoms with Gasteiger partial charge in [0.15, 0.2) is 4.80 Å². The highest BCUT2D eigenvalue weighted by Gasteiger charge is 2.30. The Labute approximate surface area is 190 Å². The molecule has 0 saturated heterocycles. The van der Waals surface area contributed by atoms with Gasteiger partial charge in [-0.2, -0.15) is 0 Å². The zero-order valence-corrected chi connectivity index (χ0v) is 19.1. The molecule has 5 nitrogen and oxygen atoms in total. The highest BCUT2D eigenvalue weighted by Crippen LogP contribution is 2.26. The van der Waals surface area contributed by atoms with E-state index in [9.17, 15) is 9.59 Å². The summed E-state index contributed by atoms with van der Waals surface area (Å²) in [5.41, 5.74) is 3.85. The van der Waals surface area contributed by atoms with Gasteiger partial charge < -0.3 is 4.74 Å². The minimum Gasteiger partial charge on any atom is -0.463 e. The number of benzene rings is 2. The van der Waals surface area contributed by atoms with Crippen molar-refractivity contribution in [2.24, 2.45) is 4.99 Å². The van der Waals surface area contributed by atoms with Crippen molar-refractivity contribution in [1.29, 1.82) is 0 Å². The first-order chi connectivity index (χ1) is 15.5. The molecule has 1 aliphatic rings. The van der Waals surface area contributed by atoms with Crippen LogP contribution in [0.1, 0.15) is 36.6 Å². The van der Waals surface area contributed by atoms with Crippen LogP contribution >= 0.6 is 11.3 Å². The first kappa shape index (κ1) is 21.7. The molecule has 0 unspecified atom stereocenters. The highest BCUT2D eigenvalue weighted by atomic mass is 32.1. The van der Waals surface area contributed by atoms with Gasteiger partial charge in [0.1, 0.15) is 0 Å². The zero-order valence-electron chi connectivity index (χ0n) is 18.2. The third-order valence-corrected chi connectivity index (χ3v) is 6.19. The van der Waals surface area contributed by atoms with Crippen molar-refractivity contribution in [2.75, 3.05) is 6.61 Å². The molecular formula is C26H24N2O3S. The second-order valence-electron chi connectivity index (χ2n) is 7.53. The summed E-state index contributed by atoms with van der Waals surface area (Å²) in [6.07, 6.45) is 5.65. The molecule has 2 aromatic carbocycles. The Bertz CT molecular complexity index is 1380. The molecule has 1 aromatic heterocycles. The molecule has 0 N–H and O–H groups in total. The molecule has 0 amide bonds. The van der Waals surface area contributed by atoms with Gasteiger partial charge >= 0.3 is 5.97 Å². The molecule has 0 radical (unpaired) electrons. The van der Waals surface area contributed by atoms with Crippen molar-refractivity contribution < 1.29 is 9.53 Å². The molecule has 162 valence electrons. The van der Waals surface area contributed by atoms with Crippen LogP contribution in [0.5, 0.6) is 0 Å². The number of aryl methyl sites for hydroxylation is 1. The van der Waals surface area contributed by atoms with Crippen LogP contribution in [0.4, 0.5) is 0 Å². The number of thiazole rings is 1. The lowest BCUT2D eigenvalue weighted by molar-refractivity contribution is -0.139. The van der Waals surface area contributed by atoms with Crippen molar-refractivity contribution in [3.05, 3.63) is 108 Å². The smallest absolute Gasteiger partial charge is 0.338 e. The second kappa shape index (κ2) is 9.32. The Morgan fingerprint density at radius 2 is 1.81 bits per heavy atom. The normalized spacial score (nSPS) is 16.2. The summed E-state index contributed by atoms with van der Waals surface area (Å²) < 4.78 is 7.45.